The number of halogens is 2. The van der Waals surface area contributed by atoms with Gasteiger partial charge >= 0.3 is 6.03 Å². The van der Waals surface area contributed by atoms with E-state index in [1.165, 1.54) is 0 Å². The summed E-state index contributed by atoms with van der Waals surface area (Å²) in [5, 5.41) is 6.10. The van der Waals surface area contributed by atoms with Crippen LogP contribution in [0.15, 0.2) is 24.3 Å². The highest BCUT2D eigenvalue weighted by atomic mass is 35.5. The molecule has 1 aliphatic carbocycles. The third-order valence-electron chi connectivity index (χ3n) is 3.07. The molecule has 2 N–H and O–H groups in total. The molecule has 0 atom stereocenters. The first-order valence-electron chi connectivity index (χ1n) is 6.00. The Hall–Kier alpha value is -1.29. The SMILES string of the molecule is O=C(NCCF)NC1(Cc2ccc(Cl)cc2)CC1. The molecule has 1 aliphatic rings. The van der Waals surface area contributed by atoms with Crippen LogP contribution < -0.4 is 10.6 Å². The lowest BCUT2D eigenvalue weighted by molar-refractivity contribution is 0.234. The molecule has 2 rings (SSSR count). The van der Waals surface area contributed by atoms with E-state index in [0.29, 0.717) is 5.02 Å². The van der Waals surface area contributed by atoms with Crippen molar-refractivity contribution in [1.82, 2.24) is 10.6 Å². The predicted molar refractivity (Wildman–Crippen MR) is 69.6 cm³/mol. The first-order chi connectivity index (χ1) is 8.63. The Morgan fingerprint density at radius 1 is 1.33 bits per heavy atom. The summed E-state index contributed by atoms with van der Waals surface area (Å²) in [6.45, 7) is -0.486. The van der Waals surface area contributed by atoms with E-state index in [4.69, 9.17) is 11.6 Å². The molecule has 2 amide bonds. The van der Waals surface area contributed by atoms with E-state index in [0.717, 1.165) is 24.8 Å². The number of hydrogen-bond acceptors (Lipinski definition) is 1. The quantitative estimate of drug-likeness (QED) is 0.849. The standard InChI is InChI=1S/C13H16ClFN2O/c14-11-3-1-10(2-4-11)9-13(5-6-13)17-12(18)16-8-7-15/h1-4H,5-9H2,(H2,16,17,18). The van der Waals surface area contributed by atoms with Crippen LogP contribution in [0.1, 0.15) is 18.4 Å². The van der Waals surface area contributed by atoms with Gasteiger partial charge in [0.25, 0.3) is 0 Å². The molecule has 0 radical (unpaired) electrons. The molecule has 0 aliphatic heterocycles. The molecule has 98 valence electrons. The number of carbonyl (C=O) groups excluding carboxylic acids is 1. The molecule has 0 unspecified atom stereocenters. The van der Waals surface area contributed by atoms with Crippen LogP contribution in [-0.2, 0) is 6.42 Å². The van der Waals surface area contributed by atoms with Crippen LogP contribution in [0.3, 0.4) is 0 Å². The minimum absolute atomic E-state index is 0.0584. The van der Waals surface area contributed by atoms with Crippen molar-refractivity contribution in [2.24, 2.45) is 0 Å². The second-order valence-corrected chi connectivity index (χ2v) is 5.09. The van der Waals surface area contributed by atoms with Crippen LogP contribution in [0.4, 0.5) is 9.18 Å². The average molecular weight is 271 g/mol. The summed E-state index contributed by atoms with van der Waals surface area (Å²) in [4.78, 5) is 11.5. The molecule has 5 heteroatoms. The van der Waals surface area contributed by atoms with Gasteiger partial charge in [-0.15, -0.1) is 0 Å². The van der Waals surface area contributed by atoms with Gasteiger partial charge in [0.15, 0.2) is 0 Å². The topological polar surface area (TPSA) is 41.1 Å². The van der Waals surface area contributed by atoms with Crippen LogP contribution >= 0.6 is 11.6 Å². The van der Waals surface area contributed by atoms with Crippen molar-refractivity contribution in [2.45, 2.75) is 24.8 Å². The summed E-state index contributed by atoms with van der Waals surface area (Å²) in [7, 11) is 0. The minimum atomic E-state index is -0.544. The van der Waals surface area contributed by atoms with Gasteiger partial charge in [-0.1, -0.05) is 23.7 Å². The van der Waals surface area contributed by atoms with E-state index < -0.39 is 6.67 Å². The van der Waals surface area contributed by atoms with E-state index in [1.807, 2.05) is 24.3 Å². The summed E-state index contributed by atoms with van der Waals surface area (Å²) in [6, 6.07) is 7.32. The fourth-order valence-corrected chi connectivity index (χ4v) is 2.06. The van der Waals surface area contributed by atoms with E-state index in [1.54, 1.807) is 0 Å². The van der Waals surface area contributed by atoms with Gasteiger partial charge in [0.05, 0.1) is 0 Å². The van der Waals surface area contributed by atoms with E-state index in [2.05, 4.69) is 10.6 Å². The van der Waals surface area contributed by atoms with Crippen molar-refractivity contribution < 1.29 is 9.18 Å². The minimum Gasteiger partial charge on any atom is -0.336 e. The number of rotatable bonds is 5. The van der Waals surface area contributed by atoms with Crippen LogP contribution in [0, 0.1) is 0 Å². The molecular formula is C13H16ClFN2O. The number of hydrogen-bond donors (Lipinski definition) is 2. The fourth-order valence-electron chi connectivity index (χ4n) is 1.94. The monoisotopic (exact) mass is 270 g/mol. The van der Waals surface area contributed by atoms with Crippen molar-refractivity contribution in [2.75, 3.05) is 13.2 Å². The summed E-state index contributed by atoms with van der Waals surface area (Å²) in [5.41, 5.74) is 0.983. The lowest BCUT2D eigenvalue weighted by Gasteiger charge is -2.17. The van der Waals surface area contributed by atoms with E-state index >= 15 is 0 Å². The zero-order chi connectivity index (χ0) is 13.0. The Morgan fingerprint density at radius 2 is 2.00 bits per heavy atom. The summed E-state index contributed by atoms with van der Waals surface area (Å²) < 4.78 is 11.9. The maximum Gasteiger partial charge on any atom is 0.315 e. The fraction of sp³-hybridized carbons (Fsp3) is 0.462. The first kappa shape index (κ1) is 13.1. The Bertz CT molecular complexity index is 418. The van der Waals surface area contributed by atoms with E-state index in [-0.39, 0.29) is 18.1 Å². The van der Waals surface area contributed by atoms with Crippen LogP contribution in [0.5, 0.6) is 0 Å². The Kier molecular flexibility index (Phi) is 4.07. The number of benzene rings is 1. The van der Waals surface area contributed by atoms with Gasteiger partial charge in [0, 0.05) is 17.1 Å². The van der Waals surface area contributed by atoms with Gasteiger partial charge in [-0.25, -0.2) is 9.18 Å². The largest absolute Gasteiger partial charge is 0.336 e. The molecule has 1 fully saturated rings. The van der Waals surface area contributed by atoms with Crippen molar-refractivity contribution >= 4 is 17.6 Å². The Balaban J connectivity index is 1.88. The normalized spacial score (nSPS) is 16.1. The highest BCUT2D eigenvalue weighted by Gasteiger charge is 2.43. The average Bonchev–Trinajstić information content (AvgIpc) is 3.09. The highest BCUT2D eigenvalue weighted by Crippen LogP contribution is 2.38. The van der Waals surface area contributed by atoms with Crippen LogP contribution in [-0.4, -0.2) is 24.8 Å². The summed E-state index contributed by atoms with van der Waals surface area (Å²) in [6.07, 6.45) is 2.70. The predicted octanol–water partition coefficient (Wildman–Crippen LogP) is 2.68. The van der Waals surface area contributed by atoms with Gasteiger partial charge in [-0.3, -0.25) is 0 Å². The molecule has 0 bridgehead atoms. The van der Waals surface area contributed by atoms with Gasteiger partial charge in [-0.05, 0) is 37.0 Å². The molecule has 18 heavy (non-hydrogen) atoms. The lowest BCUT2D eigenvalue weighted by Crippen LogP contribution is -2.45. The molecule has 0 heterocycles. The van der Waals surface area contributed by atoms with Gasteiger partial charge in [-0.2, -0.15) is 0 Å². The smallest absolute Gasteiger partial charge is 0.315 e. The second-order valence-electron chi connectivity index (χ2n) is 4.65. The molecular weight excluding hydrogens is 255 g/mol. The number of nitrogens with one attached hydrogen (secondary N) is 2. The molecule has 0 saturated heterocycles. The molecule has 1 aromatic carbocycles. The number of urea groups is 1. The molecule has 1 aromatic rings. The first-order valence-corrected chi connectivity index (χ1v) is 6.38. The van der Waals surface area contributed by atoms with E-state index in [9.17, 15) is 9.18 Å². The van der Waals surface area contributed by atoms with Gasteiger partial charge < -0.3 is 10.6 Å². The maximum absolute atomic E-state index is 11.9. The van der Waals surface area contributed by atoms with Gasteiger partial charge in [0.1, 0.15) is 6.67 Å². The summed E-state index contributed by atoms with van der Waals surface area (Å²) in [5.74, 6) is 0. The number of amides is 2. The van der Waals surface area contributed by atoms with Crippen molar-refractivity contribution in [1.29, 1.82) is 0 Å². The summed E-state index contributed by atoms with van der Waals surface area (Å²) >= 11 is 5.82. The lowest BCUT2D eigenvalue weighted by atomic mass is 10.0. The van der Waals surface area contributed by atoms with Crippen molar-refractivity contribution in [3.63, 3.8) is 0 Å². The Morgan fingerprint density at radius 3 is 2.56 bits per heavy atom. The number of carbonyl (C=O) groups is 1. The molecule has 1 saturated carbocycles. The van der Waals surface area contributed by atoms with Crippen molar-refractivity contribution in [3.8, 4) is 0 Å². The van der Waals surface area contributed by atoms with Crippen molar-refractivity contribution in [3.05, 3.63) is 34.9 Å². The Labute approximate surface area is 111 Å². The van der Waals surface area contributed by atoms with Crippen LogP contribution in [0.2, 0.25) is 5.02 Å². The van der Waals surface area contributed by atoms with Crippen LogP contribution in [0.25, 0.3) is 0 Å². The van der Waals surface area contributed by atoms with Gasteiger partial charge in [0.2, 0.25) is 0 Å². The second kappa shape index (κ2) is 5.57. The molecule has 3 nitrogen and oxygen atoms in total. The molecule has 0 aromatic heterocycles. The maximum atomic E-state index is 11.9. The third kappa shape index (κ3) is 3.60. The zero-order valence-corrected chi connectivity index (χ0v) is 10.8. The zero-order valence-electron chi connectivity index (χ0n) is 10.0. The molecule has 0 spiro atoms. The third-order valence-corrected chi connectivity index (χ3v) is 3.32. The number of alkyl halides is 1. The highest BCUT2D eigenvalue weighted by molar-refractivity contribution is 6.30.